The van der Waals surface area contributed by atoms with Crippen LogP contribution in [-0.4, -0.2) is 48.0 Å². The molecule has 1 N–H and O–H groups in total. The molecule has 1 saturated heterocycles. The predicted molar refractivity (Wildman–Crippen MR) is 84.0 cm³/mol. The van der Waals surface area contributed by atoms with Gasteiger partial charge in [0.1, 0.15) is 5.82 Å². The molecule has 4 rings (SSSR count). The molecule has 1 aromatic carbocycles. The van der Waals surface area contributed by atoms with Crippen LogP contribution in [0.3, 0.4) is 0 Å². The molecule has 0 spiro atoms. The van der Waals surface area contributed by atoms with Gasteiger partial charge in [0.25, 0.3) is 0 Å². The van der Waals surface area contributed by atoms with Gasteiger partial charge in [0, 0.05) is 32.1 Å². The van der Waals surface area contributed by atoms with E-state index in [1.165, 1.54) is 25.3 Å². The van der Waals surface area contributed by atoms with Gasteiger partial charge in [0.2, 0.25) is 0 Å². The Morgan fingerprint density at radius 3 is 2.59 bits per heavy atom. The van der Waals surface area contributed by atoms with Crippen molar-refractivity contribution in [3.05, 3.63) is 30.1 Å². The highest BCUT2D eigenvalue weighted by molar-refractivity contribution is 5.94. The van der Waals surface area contributed by atoms with Crippen molar-refractivity contribution in [2.75, 3.05) is 31.1 Å². The van der Waals surface area contributed by atoms with E-state index in [2.05, 4.69) is 15.0 Å². The highest BCUT2D eigenvalue weighted by atomic mass is 19.1. The molecule has 5 heteroatoms. The van der Waals surface area contributed by atoms with Crippen molar-refractivity contribution in [3.8, 4) is 0 Å². The standard InChI is InChI=1S/C17H22FN3O/c18-14-3-1-2-4-15(14)20-7-9-21(10-8-20)17-13-6-5-12(11-13)16(17)19-22/h1-4,12-13,17,22H,5-11H2/b19-16-/t12-,13+,17-/m0/s1. The lowest BCUT2D eigenvalue weighted by Crippen LogP contribution is -2.54. The van der Waals surface area contributed by atoms with Gasteiger partial charge in [-0.2, -0.15) is 0 Å². The first-order valence-corrected chi connectivity index (χ1v) is 8.23. The average molecular weight is 303 g/mol. The number of hydrogen-bond donors (Lipinski definition) is 1. The maximum Gasteiger partial charge on any atom is 0.146 e. The third kappa shape index (κ3) is 2.19. The summed E-state index contributed by atoms with van der Waals surface area (Å²) >= 11 is 0. The molecule has 3 fully saturated rings. The summed E-state index contributed by atoms with van der Waals surface area (Å²) in [5.41, 5.74) is 1.70. The number of para-hydroxylation sites is 1. The average Bonchev–Trinajstić information content (AvgIpc) is 3.16. The predicted octanol–water partition coefficient (Wildman–Crippen LogP) is 2.58. The van der Waals surface area contributed by atoms with Crippen LogP contribution in [0.2, 0.25) is 0 Å². The smallest absolute Gasteiger partial charge is 0.146 e. The lowest BCUT2D eigenvalue weighted by Gasteiger charge is -2.41. The largest absolute Gasteiger partial charge is 0.411 e. The third-order valence-corrected chi connectivity index (χ3v) is 5.66. The SMILES string of the molecule is O/N=C1/[C@H]2CC[C@H](C2)[C@@H]1N1CCN(c2ccccc2F)CC1. The van der Waals surface area contributed by atoms with Crippen LogP contribution in [0.4, 0.5) is 10.1 Å². The Bertz CT molecular complexity index is 583. The first-order chi connectivity index (χ1) is 10.8. The van der Waals surface area contributed by atoms with Gasteiger partial charge in [0.15, 0.2) is 0 Å². The van der Waals surface area contributed by atoms with E-state index < -0.39 is 0 Å². The zero-order valence-corrected chi connectivity index (χ0v) is 12.7. The minimum absolute atomic E-state index is 0.145. The molecule has 118 valence electrons. The Labute approximate surface area is 130 Å². The number of rotatable bonds is 2. The van der Waals surface area contributed by atoms with Gasteiger partial charge in [0.05, 0.1) is 17.4 Å². The molecule has 1 aliphatic heterocycles. The first kappa shape index (κ1) is 14.0. The zero-order chi connectivity index (χ0) is 15.1. The summed E-state index contributed by atoms with van der Waals surface area (Å²) in [7, 11) is 0. The van der Waals surface area contributed by atoms with E-state index in [0.29, 0.717) is 23.6 Å². The molecule has 0 amide bonds. The van der Waals surface area contributed by atoms with Gasteiger partial charge in [-0.05, 0) is 37.3 Å². The van der Waals surface area contributed by atoms with E-state index in [1.807, 2.05) is 12.1 Å². The van der Waals surface area contributed by atoms with E-state index in [1.54, 1.807) is 6.07 Å². The van der Waals surface area contributed by atoms with Crippen molar-refractivity contribution in [2.24, 2.45) is 17.0 Å². The summed E-state index contributed by atoms with van der Waals surface area (Å²) in [5.74, 6) is 0.994. The molecule has 0 aromatic heterocycles. The molecular formula is C17H22FN3O. The number of fused-ring (bicyclic) bond motifs is 2. The number of anilines is 1. The van der Waals surface area contributed by atoms with Gasteiger partial charge in [-0.1, -0.05) is 17.3 Å². The molecule has 4 nitrogen and oxygen atoms in total. The number of nitrogens with zero attached hydrogens (tertiary/aromatic N) is 3. The van der Waals surface area contributed by atoms with Crippen molar-refractivity contribution >= 4 is 11.4 Å². The van der Waals surface area contributed by atoms with E-state index >= 15 is 0 Å². The van der Waals surface area contributed by atoms with Gasteiger partial charge in [-0.15, -0.1) is 0 Å². The number of piperazine rings is 1. The lowest BCUT2D eigenvalue weighted by molar-refractivity contribution is 0.181. The molecule has 1 heterocycles. The van der Waals surface area contributed by atoms with Gasteiger partial charge < -0.3 is 10.1 Å². The molecule has 3 atom stereocenters. The summed E-state index contributed by atoms with van der Waals surface area (Å²) in [6.45, 7) is 3.46. The fraction of sp³-hybridized carbons (Fsp3) is 0.588. The van der Waals surface area contributed by atoms with Crippen LogP contribution in [-0.2, 0) is 0 Å². The zero-order valence-electron chi connectivity index (χ0n) is 12.7. The van der Waals surface area contributed by atoms with Gasteiger partial charge in [-0.25, -0.2) is 4.39 Å². The van der Waals surface area contributed by atoms with Gasteiger partial charge >= 0.3 is 0 Å². The first-order valence-electron chi connectivity index (χ1n) is 8.23. The summed E-state index contributed by atoms with van der Waals surface area (Å²) in [6.07, 6.45) is 3.61. The summed E-state index contributed by atoms with van der Waals surface area (Å²) < 4.78 is 13.9. The Hall–Kier alpha value is -1.62. The van der Waals surface area contributed by atoms with Crippen molar-refractivity contribution in [2.45, 2.75) is 25.3 Å². The maximum atomic E-state index is 13.9. The number of hydrogen-bond acceptors (Lipinski definition) is 4. The Morgan fingerprint density at radius 1 is 1.09 bits per heavy atom. The fourth-order valence-corrected chi connectivity index (χ4v) is 4.63. The molecule has 2 aliphatic carbocycles. The number of oxime groups is 1. The second kappa shape index (κ2) is 5.54. The number of benzene rings is 1. The second-order valence-electron chi connectivity index (χ2n) is 6.71. The molecule has 2 saturated carbocycles. The minimum atomic E-state index is -0.145. The lowest BCUT2D eigenvalue weighted by atomic mass is 9.91. The molecule has 22 heavy (non-hydrogen) atoms. The van der Waals surface area contributed by atoms with Crippen LogP contribution in [0.5, 0.6) is 0 Å². The van der Waals surface area contributed by atoms with E-state index in [4.69, 9.17) is 0 Å². The minimum Gasteiger partial charge on any atom is -0.411 e. The number of halogens is 1. The van der Waals surface area contributed by atoms with Gasteiger partial charge in [-0.3, -0.25) is 4.90 Å². The van der Waals surface area contributed by atoms with Crippen LogP contribution in [0.25, 0.3) is 0 Å². The molecule has 0 radical (unpaired) electrons. The summed E-state index contributed by atoms with van der Waals surface area (Å²) in [4.78, 5) is 4.56. The summed E-state index contributed by atoms with van der Waals surface area (Å²) in [5, 5.41) is 13.0. The fourth-order valence-electron chi connectivity index (χ4n) is 4.63. The topological polar surface area (TPSA) is 39.1 Å². The third-order valence-electron chi connectivity index (χ3n) is 5.66. The highest BCUT2D eigenvalue weighted by Gasteiger charge is 2.48. The van der Waals surface area contributed by atoms with Crippen molar-refractivity contribution in [1.82, 2.24) is 4.90 Å². The van der Waals surface area contributed by atoms with Crippen LogP contribution in [0.15, 0.2) is 29.4 Å². The molecule has 3 aliphatic rings. The highest BCUT2D eigenvalue weighted by Crippen LogP contribution is 2.45. The maximum absolute atomic E-state index is 13.9. The van der Waals surface area contributed by atoms with E-state index in [9.17, 15) is 9.60 Å². The van der Waals surface area contributed by atoms with E-state index in [0.717, 1.165) is 31.9 Å². The van der Waals surface area contributed by atoms with Crippen LogP contribution in [0.1, 0.15) is 19.3 Å². The van der Waals surface area contributed by atoms with E-state index in [-0.39, 0.29) is 5.82 Å². The molecule has 2 bridgehead atoms. The normalized spacial score (nSPS) is 33.8. The Balaban J connectivity index is 1.45. The quantitative estimate of drug-likeness (QED) is 0.674. The molecular weight excluding hydrogens is 281 g/mol. The monoisotopic (exact) mass is 303 g/mol. The van der Waals surface area contributed by atoms with Crippen LogP contribution in [0, 0.1) is 17.7 Å². The van der Waals surface area contributed by atoms with Crippen molar-refractivity contribution in [3.63, 3.8) is 0 Å². The molecule has 0 unspecified atom stereocenters. The van der Waals surface area contributed by atoms with Crippen LogP contribution < -0.4 is 4.90 Å². The Kier molecular flexibility index (Phi) is 3.53. The van der Waals surface area contributed by atoms with Crippen molar-refractivity contribution < 1.29 is 9.60 Å². The molecule has 1 aromatic rings. The van der Waals surface area contributed by atoms with Crippen molar-refractivity contribution in [1.29, 1.82) is 0 Å². The Morgan fingerprint density at radius 2 is 1.86 bits per heavy atom. The summed E-state index contributed by atoms with van der Waals surface area (Å²) in [6, 6.07) is 7.30. The van der Waals surface area contributed by atoms with Crippen LogP contribution >= 0.6 is 0 Å². The second-order valence-corrected chi connectivity index (χ2v) is 6.71.